The summed E-state index contributed by atoms with van der Waals surface area (Å²) in [6, 6.07) is -0.451. The van der Waals surface area contributed by atoms with Gasteiger partial charge in [0, 0.05) is 13.5 Å². The summed E-state index contributed by atoms with van der Waals surface area (Å²) in [5.74, 6) is -0.173. The molecule has 1 unspecified atom stereocenters. The second-order valence-electron chi connectivity index (χ2n) is 3.27. The van der Waals surface area contributed by atoms with E-state index in [9.17, 15) is 9.59 Å². The van der Waals surface area contributed by atoms with Crippen LogP contribution in [0.2, 0.25) is 0 Å². The van der Waals surface area contributed by atoms with Crippen molar-refractivity contribution in [1.29, 1.82) is 0 Å². The van der Waals surface area contributed by atoms with Gasteiger partial charge in [-0.25, -0.2) is 4.68 Å². The van der Waals surface area contributed by atoms with Crippen LogP contribution in [0.5, 0.6) is 0 Å². The molecule has 8 nitrogen and oxygen atoms in total. The van der Waals surface area contributed by atoms with Gasteiger partial charge in [-0.3, -0.25) is 14.9 Å². The lowest BCUT2D eigenvalue weighted by Crippen LogP contribution is -2.47. The fraction of sp³-hybridized carbons (Fsp3) is 0.571. The number of carbonyl (C=O) groups is 2. The van der Waals surface area contributed by atoms with Crippen LogP contribution in [-0.4, -0.2) is 38.1 Å². The van der Waals surface area contributed by atoms with Gasteiger partial charge in [0.25, 0.3) is 0 Å². The number of amides is 2. The predicted molar refractivity (Wildman–Crippen MR) is 48.6 cm³/mol. The van der Waals surface area contributed by atoms with Gasteiger partial charge in [0.05, 0.1) is 0 Å². The van der Waals surface area contributed by atoms with E-state index in [1.807, 2.05) is 0 Å². The Morgan fingerprint density at radius 2 is 2.33 bits per heavy atom. The van der Waals surface area contributed by atoms with E-state index in [2.05, 4.69) is 26.2 Å². The molecule has 15 heavy (non-hydrogen) atoms. The number of hydrogen-bond donors (Lipinski definition) is 2. The Kier molecular flexibility index (Phi) is 2.32. The van der Waals surface area contributed by atoms with E-state index in [1.165, 1.54) is 4.68 Å². The monoisotopic (exact) mass is 210 g/mol. The second-order valence-corrected chi connectivity index (χ2v) is 3.27. The molecular weight excluding hydrogens is 200 g/mol. The Hall–Kier alpha value is -1.99. The lowest BCUT2D eigenvalue weighted by molar-refractivity contribution is -0.133. The van der Waals surface area contributed by atoms with Crippen molar-refractivity contribution in [2.45, 2.75) is 18.9 Å². The first kappa shape index (κ1) is 9.56. The van der Waals surface area contributed by atoms with Crippen molar-refractivity contribution in [2.24, 2.45) is 7.05 Å². The third-order valence-corrected chi connectivity index (χ3v) is 2.16. The summed E-state index contributed by atoms with van der Waals surface area (Å²) in [5, 5.41) is 15.8. The SMILES string of the molecule is Cn1nnnc1NC1CCC(=O)NC1=O. The van der Waals surface area contributed by atoms with Gasteiger partial charge in [-0.2, -0.15) is 0 Å². The number of nitrogens with one attached hydrogen (secondary N) is 2. The maximum absolute atomic E-state index is 11.4. The zero-order valence-electron chi connectivity index (χ0n) is 8.10. The van der Waals surface area contributed by atoms with E-state index in [0.717, 1.165) is 0 Å². The van der Waals surface area contributed by atoms with Crippen molar-refractivity contribution >= 4 is 17.8 Å². The van der Waals surface area contributed by atoms with Crippen LogP contribution in [0.3, 0.4) is 0 Å². The summed E-state index contributed by atoms with van der Waals surface area (Å²) >= 11 is 0. The molecule has 1 aromatic rings. The highest BCUT2D eigenvalue weighted by Gasteiger charge is 2.27. The smallest absolute Gasteiger partial charge is 0.249 e. The molecule has 2 heterocycles. The molecule has 1 fully saturated rings. The maximum atomic E-state index is 11.4. The van der Waals surface area contributed by atoms with Crippen molar-refractivity contribution in [3.05, 3.63) is 0 Å². The van der Waals surface area contributed by atoms with Gasteiger partial charge >= 0.3 is 0 Å². The fourth-order valence-electron chi connectivity index (χ4n) is 1.34. The Morgan fingerprint density at radius 3 is 2.93 bits per heavy atom. The van der Waals surface area contributed by atoms with E-state index in [-0.39, 0.29) is 11.8 Å². The fourth-order valence-corrected chi connectivity index (χ4v) is 1.34. The van der Waals surface area contributed by atoms with E-state index < -0.39 is 6.04 Å². The number of hydrogen-bond acceptors (Lipinski definition) is 6. The average molecular weight is 210 g/mol. The van der Waals surface area contributed by atoms with Crippen molar-refractivity contribution in [1.82, 2.24) is 25.5 Å². The lowest BCUT2D eigenvalue weighted by atomic mass is 10.1. The summed E-state index contributed by atoms with van der Waals surface area (Å²) in [4.78, 5) is 22.3. The number of anilines is 1. The van der Waals surface area contributed by atoms with Gasteiger partial charge in [-0.15, -0.1) is 0 Å². The molecule has 8 heteroatoms. The van der Waals surface area contributed by atoms with Crippen LogP contribution in [0.4, 0.5) is 5.95 Å². The minimum atomic E-state index is -0.451. The van der Waals surface area contributed by atoms with Crippen LogP contribution in [0.25, 0.3) is 0 Å². The third kappa shape index (κ3) is 1.92. The van der Waals surface area contributed by atoms with Crippen molar-refractivity contribution in [3.8, 4) is 0 Å². The van der Waals surface area contributed by atoms with Gasteiger partial charge in [-0.1, -0.05) is 5.10 Å². The highest BCUT2D eigenvalue weighted by Crippen LogP contribution is 2.09. The molecule has 0 aliphatic carbocycles. The number of nitrogens with zero attached hydrogens (tertiary/aromatic N) is 4. The van der Waals surface area contributed by atoms with Gasteiger partial charge in [-0.05, 0) is 16.8 Å². The Bertz CT molecular complexity index is 400. The van der Waals surface area contributed by atoms with E-state index in [4.69, 9.17) is 0 Å². The summed E-state index contributed by atoms with van der Waals surface area (Å²) in [6.45, 7) is 0. The van der Waals surface area contributed by atoms with E-state index in [1.54, 1.807) is 7.05 Å². The molecule has 1 aliphatic heterocycles. The molecule has 0 spiro atoms. The number of tetrazole rings is 1. The first-order chi connectivity index (χ1) is 7.16. The van der Waals surface area contributed by atoms with Crippen molar-refractivity contribution in [3.63, 3.8) is 0 Å². The molecule has 1 aliphatic rings. The summed E-state index contributed by atoms with van der Waals surface area (Å²) in [6.07, 6.45) is 0.784. The Balaban J connectivity index is 2.04. The third-order valence-electron chi connectivity index (χ3n) is 2.16. The molecule has 1 aromatic heterocycles. The van der Waals surface area contributed by atoms with Crippen LogP contribution in [0.1, 0.15) is 12.8 Å². The molecule has 0 radical (unpaired) electrons. The molecule has 0 aromatic carbocycles. The van der Waals surface area contributed by atoms with E-state index in [0.29, 0.717) is 18.8 Å². The summed E-state index contributed by atoms with van der Waals surface area (Å²) in [5.41, 5.74) is 0. The summed E-state index contributed by atoms with van der Waals surface area (Å²) in [7, 11) is 1.66. The quantitative estimate of drug-likeness (QED) is 0.571. The van der Waals surface area contributed by atoms with Crippen LogP contribution in [0, 0.1) is 0 Å². The Labute approximate surface area is 85.0 Å². The number of carbonyl (C=O) groups excluding carboxylic acids is 2. The molecule has 0 bridgehead atoms. The number of aromatic nitrogens is 4. The number of aryl methyl sites for hydroxylation is 1. The Morgan fingerprint density at radius 1 is 1.53 bits per heavy atom. The van der Waals surface area contributed by atoms with Crippen molar-refractivity contribution < 1.29 is 9.59 Å². The first-order valence-electron chi connectivity index (χ1n) is 4.49. The van der Waals surface area contributed by atoms with Crippen molar-refractivity contribution in [2.75, 3.05) is 5.32 Å². The molecule has 2 rings (SSSR count). The molecule has 1 saturated heterocycles. The molecule has 80 valence electrons. The zero-order valence-corrected chi connectivity index (χ0v) is 8.10. The van der Waals surface area contributed by atoms with Gasteiger partial charge < -0.3 is 5.32 Å². The molecule has 2 N–H and O–H groups in total. The standard InChI is InChI=1S/C7H10N6O2/c1-13-7(10-11-12-13)8-4-2-3-5(14)9-6(4)15/h4H,2-3H2,1H3,(H,8,10,12)(H,9,14,15). The largest absolute Gasteiger partial charge is 0.341 e. The number of imide groups is 1. The normalized spacial score (nSPS) is 21.3. The zero-order chi connectivity index (χ0) is 10.8. The van der Waals surface area contributed by atoms with Crippen LogP contribution < -0.4 is 10.6 Å². The van der Waals surface area contributed by atoms with Crippen LogP contribution >= 0.6 is 0 Å². The lowest BCUT2D eigenvalue weighted by Gasteiger charge is -2.21. The molecule has 1 atom stereocenters. The van der Waals surface area contributed by atoms with Gasteiger partial charge in [0.2, 0.25) is 17.8 Å². The predicted octanol–water partition coefficient (Wildman–Crippen LogP) is -1.57. The van der Waals surface area contributed by atoms with E-state index >= 15 is 0 Å². The van der Waals surface area contributed by atoms with Gasteiger partial charge in [0.15, 0.2) is 0 Å². The molecular formula is C7H10N6O2. The maximum Gasteiger partial charge on any atom is 0.249 e. The number of rotatable bonds is 2. The van der Waals surface area contributed by atoms with Crippen LogP contribution in [-0.2, 0) is 16.6 Å². The second kappa shape index (κ2) is 3.64. The first-order valence-corrected chi connectivity index (χ1v) is 4.49. The minimum absolute atomic E-state index is 0.242. The number of piperidine rings is 1. The minimum Gasteiger partial charge on any atom is -0.341 e. The highest BCUT2D eigenvalue weighted by molar-refractivity contribution is 6.01. The molecule has 2 amide bonds. The van der Waals surface area contributed by atoms with Gasteiger partial charge in [0.1, 0.15) is 6.04 Å². The molecule has 0 saturated carbocycles. The average Bonchev–Trinajstić information content (AvgIpc) is 2.57. The topological polar surface area (TPSA) is 102 Å². The summed E-state index contributed by atoms with van der Waals surface area (Å²) < 4.78 is 1.42. The van der Waals surface area contributed by atoms with Crippen LogP contribution in [0.15, 0.2) is 0 Å². The highest BCUT2D eigenvalue weighted by atomic mass is 16.2.